The van der Waals surface area contributed by atoms with Crippen molar-refractivity contribution in [3.63, 3.8) is 0 Å². The van der Waals surface area contributed by atoms with Gasteiger partial charge in [-0.3, -0.25) is 19.7 Å². The van der Waals surface area contributed by atoms with E-state index in [0.717, 1.165) is 17.2 Å². The van der Waals surface area contributed by atoms with Crippen LogP contribution in [0.15, 0.2) is 12.3 Å². The summed E-state index contributed by atoms with van der Waals surface area (Å²) in [5.41, 5.74) is 4.42. The van der Waals surface area contributed by atoms with Crippen molar-refractivity contribution in [2.45, 2.75) is 0 Å². The molecule has 104 valence electrons. The number of aromatic nitrogens is 1. The van der Waals surface area contributed by atoms with Crippen LogP contribution in [-0.4, -0.2) is 40.0 Å². The van der Waals surface area contributed by atoms with Crippen LogP contribution in [0.1, 0.15) is 10.4 Å². The number of carboxylic acids is 1. The molecule has 20 heavy (non-hydrogen) atoms. The summed E-state index contributed by atoms with van der Waals surface area (Å²) in [5.74, 6) is -0.0633. The Morgan fingerprint density at radius 2 is 2.25 bits per heavy atom. The Bertz CT molecular complexity index is 607. The molecule has 0 aromatic carbocycles. The molecule has 9 nitrogen and oxygen atoms in total. The van der Waals surface area contributed by atoms with Crippen LogP contribution >= 0.6 is 0 Å². The lowest BCUT2D eigenvalue weighted by Gasteiger charge is -2.20. The first kappa shape index (κ1) is 14.9. The number of primary amides is 1. The molecule has 0 aliphatic rings. The van der Waals surface area contributed by atoms with Crippen molar-refractivity contribution in [1.29, 1.82) is 0 Å². The van der Waals surface area contributed by atoms with Gasteiger partial charge in [0.25, 0.3) is 11.6 Å². The van der Waals surface area contributed by atoms with Crippen LogP contribution in [0.5, 0.6) is 0 Å². The van der Waals surface area contributed by atoms with Gasteiger partial charge in [0.15, 0.2) is 0 Å². The fraction of sp³-hybridized carbons (Fsp3) is 0.182. The van der Waals surface area contributed by atoms with Crippen LogP contribution in [0.2, 0.25) is 0 Å². The Labute approximate surface area is 113 Å². The van der Waals surface area contributed by atoms with Gasteiger partial charge in [-0.15, -0.1) is 6.42 Å². The average Bonchev–Trinajstić information content (AvgIpc) is 2.36. The second-order valence-electron chi connectivity index (χ2n) is 3.64. The van der Waals surface area contributed by atoms with E-state index in [9.17, 15) is 19.7 Å². The van der Waals surface area contributed by atoms with Crippen molar-refractivity contribution < 1.29 is 19.6 Å². The molecule has 0 unspecified atom stereocenters. The SMILES string of the molecule is C#CCN(CC(=O)O)c1ncc([N+](=O)[O-])cc1C(N)=O. The number of carbonyl (C=O) groups is 2. The molecular formula is C11H10N4O5. The van der Waals surface area contributed by atoms with E-state index in [1.54, 1.807) is 0 Å². The van der Waals surface area contributed by atoms with Crippen LogP contribution in [-0.2, 0) is 4.79 Å². The maximum Gasteiger partial charge on any atom is 0.323 e. The summed E-state index contributed by atoms with van der Waals surface area (Å²) in [6.45, 7) is -0.660. The highest BCUT2D eigenvalue weighted by molar-refractivity contribution is 5.98. The molecule has 1 heterocycles. The van der Waals surface area contributed by atoms with E-state index in [4.69, 9.17) is 17.3 Å². The minimum Gasteiger partial charge on any atom is -0.480 e. The van der Waals surface area contributed by atoms with Gasteiger partial charge in [-0.05, 0) is 0 Å². The Balaban J connectivity index is 3.33. The minimum absolute atomic E-state index is 0.108. The second-order valence-corrected chi connectivity index (χ2v) is 3.64. The van der Waals surface area contributed by atoms with Crippen LogP contribution < -0.4 is 10.6 Å². The summed E-state index contributed by atoms with van der Waals surface area (Å²) >= 11 is 0. The fourth-order valence-corrected chi connectivity index (χ4v) is 1.46. The zero-order valence-electron chi connectivity index (χ0n) is 10.1. The summed E-state index contributed by atoms with van der Waals surface area (Å²) in [4.78, 5) is 36.8. The molecule has 0 atom stereocenters. The van der Waals surface area contributed by atoms with Crippen molar-refractivity contribution in [2.24, 2.45) is 5.73 Å². The smallest absolute Gasteiger partial charge is 0.323 e. The molecule has 0 aliphatic heterocycles. The molecule has 0 radical (unpaired) electrons. The third kappa shape index (κ3) is 3.42. The number of carbonyl (C=O) groups excluding carboxylic acids is 1. The van der Waals surface area contributed by atoms with Crippen molar-refractivity contribution in [3.8, 4) is 12.3 Å². The number of nitrogens with two attached hydrogens (primary N) is 1. The first-order chi connectivity index (χ1) is 9.36. The van der Waals surface area contributed by atoms with Crippen molar-refractivity contribution >= 4 is 23.4 Å². The zero-order valence-corrected chi connectivity index (χ0v) is 10.1. The number of amides is 1. The maximum atomic E-state index is 11.3. The first-order valence-corrected chi connectivity index (χ1v) is 5.21. The molecule has 1 rings (SSSR count). The number of carboxylic acid groups (broad SMARTS) is 1. The highest BCUT2D eigenvalue weighted by atomic mass is 16.6. The van der Waals surface area contributed by atoms with Gasteiger partial charge in [0.05, 0.1) is 17.0 Å². The highest BCUT2D eigenvalue weighted by Crippen LogP contribution is 2.22. The Morgan fingerprint density at radius 1 is 1.60 bits per heavy atom. The summed E-state index contributed by atoms with van der Waals surface area (Å²) in [7, 11) is 0. The van der Waals surface area contributed by atoms with Gasteiger partial charge < -0.3 is 15.7 Å². The normalized spacial score (nSPS) is 9.55. The Hall–Kier alpha value is -3.15. The van der Waals surface area contributed by atoms with Gasteiger partial charge in [0, 0.05) is 6.07 Å². The summed E-state index contributed by atoms with van der Waals surface area (Å²) in [5, 5.41) is 19.4. The standard InChI is InChI=1S/C11H10N4O5/c1-2-3-14(6-9(16)17)11-8(10(12)18)4-7(5-13-11)15(19)20/h1,4-5H,3,6H2,(H2,12,18)(H,16,17). The number of anilines is 1. The molecule has 9 heteroatoms. The van der Waals surface area contributed by atoms with Gasteiger partial charge in [-0.25, -0.2) is 4.98 Å². The Morgan fingerprint density at radius 3 is 2.70 bits per heavy atom. The van der Waals surface area contributed by atoms with E-state index in [0.29, 0.717) is 0 Å². The molecule has 0 bridgehead atoms. The predicted molar refractivity (Wildman–Crippen MR) is 68.1 cm³/mol. The van der Waals surface area contributed by atoms with Gasteiger partial charge in [-0.2, -0.15) is 0 Å². The molecule has 0 aliphatic carbocycles. The molecule has 0 saturated heterocycles. The topological polar surface area (TPSA) is 140 Å². The molecule has 1 aromatic rings. The number of nitrogens with zero attached hydrogens (tertiary/aromatic N) is 3. The second kappa shape index (κ2) is 6.14. The number of pyridine rings is 1. The fourth-order valence-electron chi connectivity index (χ4n) is 1.46. The van der Waals surface area contributed by atoms with E-state index in [-0.39, 0.29) is 17.9 Å². The van der Waals surface area contributed by atoms with Gasteiger partial charge in [-0.1, -0.05) is 5.92 Å². The van der Waals surface area contributed by atoms with Gasteiger partial charge in [0.2, 0.25) is 0 Å². The van der Waals surface area contributed by atoms with Crippen LogP contribution in [0.4, 0.5) is 11.5 Å². The molecule has 0 fully saturated rings. The average molecular weight is 278 g/mol. The predicted octanol–water partition coefficient (Wildman–Crippen LogP) is -0.387. The number of nitro groups is 1. The highest BCUT2D eigenvalue weighted by Gasteiger charge is 2.21. The van der Waals surface area contributed by atoms with Gasteiger partial charge >= 0.3 is 5.97 Å². The molecule has 1 amide bonds. The van der Waals surface area contributed by atoms with Crippen LogP contribution in [0.3, 0.4) is 0 Å². The molecule has 0 spiro atoms. The van der Waals surface area contributed by atoms with E-state index >= 15 is 0 Å². The van der Waals surface area contributed by atoms with E-state index in [2.05, 4.69) is 10.9 Å². The van der Waals surface area contributed by atoms with Crippen LogP contribution in [0, 0.1) is 22.5 Å². The first-order valence-electron chi connectivity index (χ1n) is 5.21. The molecule has 1 aromatic heterocycles. The number of hydrogen-bond donors (Lipinski definition) is 2. The number of terminal acetylenes is 1. The number of rotatable bonds is 6. The monoisotopic (exact) mass is 278 g/mol. The van der Waals surface area contributed by atoms with Crippen LogP contribution in [0.25, 0.3) is 0 Å². The quantitative estimate of drug-likeness (QED) is 0.410. The summed E-state index contributed by atoms with van der Waals surface area (Å²) < 4.78 is 0. The Kier molecular flexibility index (Phi) is 4.58. The van der Waals surface area contributed by atoms with Crippen molar-refractivity contribution in [2.75, 3.05) is 18.0 Å². The summed E-state index contributed by atoms with van der Waals surface area (Å²) in [6, 6.07) is 0.927. The molecule has 0 saturated carbocycles. The number of hydrogen-bond acceptors (Lipinski definition) is 6. The van der Waals surface area contributed by atoms with E-state index in [1.807, 2.05) is 0 Å². The summed E-state index contributed by atoms with van der Waals surface area (Å²) in [6.07, 6.45) is 6.01. The maximum absolute atomic E-state index is 11.3. The van der Waals surface area contributed by atoms with Crippen molar-refractivity contribution in [3.05, 3.63) is 27.9 Å². The lowest BCUT2D eigenvalue weighted by molar-refractivity contribution is -0.385. The molecular weight excluding hydrogens is 268 g/mol. The van der Waals surface area contributed by atoms with Gasteiger partial charge in [0.1, 0.15) is 18.6 Å². The lowest BCUT2D eigenvalue weighted by Crippen LogP contribution is -2.33. The minimum atomic E-state index is -1.20. The number of aliphatic carboxylic acids is 1. The molecule has 3 N–H and O–H groups in total. The lowest BCUT2D eigenvalue weighted by atomic mass is 10.2. The van der Waals surface area contributed by atoms with E-state index < -0.39 is 29.0 Å². The zero-order chi connectivity index (χ0) is 15.3. The third-order valence-electron chi connectivity index (χ3n) is 2.24. The third-order valence-corrected chi connectivity index (χ3v) is 2.24. The van der Waals surface area contributed by atoms with E-state index in [1.165, 1.54) is 0 Å². The largest absolute Gasteiger partial charge is 0.480 e. The van der Waals surface area contributed by atoms with Crippen molar-refractivity contribution in [1.82, 2.24) is 4.98 Å².